The molecule has 1 spiro atoms. The highest BCUT2D eigenvalue weighted by atomic mass is 16.7. The lowest BCUT2D eigenvalue weighted by Gasteiger charge is -2.37. The molecule has 13 heteroatoms. The number of fused-ring (bicyclic) bond motifs is 4. The summed E-state index contributed by atoms with van der Waals surface area (Å²) in [5.74, 6) is -8.94. The number of methoxy groups -OCH3 is 1. The average molecular weight is 524 g/mol. The fraction of sp³-hybridized carbons (Fsp3) is 0.200. The molecule has 2 atom stereocenters. The molecule has 0 radical (unpaired) electrons. The summed E-state index contributed by atoms with van der Waals surface area (Å²) >= 11 is 0. The lowest BCUT2D eigenvalue weighted by molar-refractivity contribution is -0.139. The monoisotopic (exact) mass is 524 g/mol. The van der Waals surface area contributed by atoms with E-state index in [-0.39, 0.29) is 46.6 Å². The van der Waals surface area contributed by atoms with E-state index in [9.17, 15) is 39.6 Å². The van der Waals surface area contributed by atoms with E-state index in [1.54, 1.807) is 0 Å². The SMILES string of the molecule is COC1=CC(=O)c2c(O)c3c(c(O)c2C1=O)OC1(C3)C[C@@H](O)c2cc3cc(C(=O)O)oc(=O)c3c(O)c2O1. The van der Waals surface area contributed by atoms with Crippen LogP contribution in [-0.2, 0) is 11.2 Å². The zero-order valence-electron chi connectivity index (χ0n) is 19.2. The largest absolute Gasteiger partial charge is 0.507 e. The molecule has 3 heterocycles. The Morgan fingerprint density at radius 2 is 1.74 bits per heavy atom. The van der Waals surface area contributed by atoms with E-state index in [0.29, 0.717) is 0 Å². The quantitative estimate of drug-likeness (QED) is 0.302. The molecular formula is C25H16O13. The molecular weight excluding hydrogens is 508 g/mol. The molecule has 0 amide bonds. The Kier molecular flexibility index (Phi) is 4.60. The standard InChI is InChI=1S/C25H16O13/c1-35-12-4-10(26)15-16(18(12)29)20(31)22-9(17(15)28)5-25(38-22)6-11(27)8-2-7-3-13(23(32)33)36-24(34)14(7)19(30)21(8)37-25/h2-4,11,27-28,30-31H,5-6H2,1H3,(H,32,33)/t11-,25?/m1/s1. The molecule has 5 N–H and O–H groups in total. The Morgan fingerprint density at radius 3 is 2.42 bits per heavy atom. The van der Waals surface area contributed by atoms with Gasteiger partial charge >= 0.3 is 11.6 Å². The number of hydrogen-bond acceptors (Lipinski definition) is 12. The van der Waals surface area contributed by atoms with Crippen molar-refractivity contribution in [2.45, 2.75) is 24.7 Å². The van der Waals surface area contributed by atoms with Crippen molar-refractivity contribution in [3.05, 3.63) is 62.4 Å². The van der Waals surface area contributed by atoms with Gasteiger partial charge in [-0.25, -0.2) is 9.59 Å². The Bertz CT molecular complexity index is 1740. The maximum atomic E-state index is 12.8. The van der Waals surface area contributed by atoms with Gasteiger partial charge in [0.25, 0.3) is 5.79 Å². The van der Waals surface area contributed by atoms with Gasteiger partial charge in [-0.2, -0.15) is 0 Å². The van der Waals surface area contributed by atoms with Crippen molar-refractivity contribution in [2.75, 3.05) is 7.11 Å². The van der Waals surface area contributed by atoms with Gasteiger partial charge in [-0.15, -0.1) is 0 Å². The second kappa shape index (κ2) is 7.49. The lowest BCUT2D eigenvalue weighted by Crippen LogP contribution is -2.45. The van der Waals surface area contributed by atoms with Gasteiger partial charge in [0.15, 0.2) is 34.5 Å². The van der Waals surface area contributed by atoms with Crippen LogP contribution in [0.25, 0.3) is 10.8 Å². The number of allylic oxidation sites excluding steroid dienone is 2. The molecule has 38 heavy (non-hydrogen) atoms. The number of ether oxygens (including phenoxy) is 3. The van der Waals surface area contributed by atoms with Crippen LogP contribution < -0.4 is 15.1 Å². The third-order valence-corrected chi connectivity index (χ3v) is 6.78. The van der Waals surface area contributed by atoms with Crippen LogP contribution in [0.15, 0.2) is 33.2 Å². The van der Waals surface area contributed by atoms with Crippen LogP contribution in [0.2, 0.25) is 0 Å². The summed E-state index contributed by atoms with van der Waals surface area (Å²) in [7, 11) is 1.16. The minimum Gasteiger partial charge on any atom is -0.507 e. The molecule has 3 aliphatic rings. The van der Waals surface area contributed by atoms with Crippen LogP contribution in [-0.4, -0.2) is 56.0 Å². The summed E-state index contributed by atoms with van der Waals surface area (Å²) in [6.45, 7) is 0. The van der Waals surface area contributed by atoms with Crippen molar-refractivity contribution in [1.29, 1.82) is 0 Å². The molecule has 6 rings (SSSR count). The Balaban J connectivity index is 1.48. The van der Waals surface area contributed by atoms with Gasteiger partial charge < -0.3 is 44.2 Å². The fourth-order valence-corrected chi connectivity index (χ4v) is 5.11. The smallest absolute Gasteiger partial charge is 0.371 e. The van der Waals surface area contributed by atoms with E-state index in [2.05, 4.69) is 0 Å². The van der Waals surface area contributed by atoms with E-state index < -0.39 is 74.6 Å². The van der Waals surface area contributed by atoms with Crippen LogP contribution in [0.1, 0.15) is 54.9 Å². The molecule has 0 fully saturated rings. The number of carboxylic acids is 1. The number of aliphatic hydroxyl groups excluding tert-OH is 1. The maximum Gasteiger partial charge on any atom is 0.371 e. The molecule has 0 bridgehead atoms. The number of carboxylic acid groups (broad SMARTS) is 1. The summed E-state index contributed by atoms with van der Waals surface area (Å²) in [5, 5.41) is 52.4. The van der Waals surface area contributed by atoms with E-state index in [1.807, 2.05) is 0 Å². The van der Waals surface area contributed by atoms with Crippen molar-refractivity contribution < 1.29 is 58.5 Å². The second-order valence-electron chi connectivity index (χ2n) is 8.98. The predicted molar refractivity (Wildman–Crippen MR) is 122 cm³/mol. The first-order valence-electron chi connectivity index (χ1n) is 11.0. The highest BCUT2D eigenvalue weighted by Gasteiger charge is 2.52. The number of aromatic carboxylic acids is 1. The normalized spacial score (nSPS) is 21.3. The van der Waals surface area contributed by atoms with E-state index in [4.69, 9.17) is 23.7 Å². The summed E-state index contributed by atoms with van der Waals surface area (Å²) < 4.78 is 21.4. The molecule has 1 aromatic heterocycles. The van der Waals surface area contributed by atoms with Gasteiger partial charge in [-0.05, 0) is 17.5 Å². The minimum atomic E-state index is -1.84. The van der Waals surface area contributed by atoms with Crippen LogP contribution in [0, 0.1) is 0 Å². The van der Waals surface area contributed by atoms with Crippen LogP contribution in [0.3, 0.4) is 0 Å². The number of ketones is 2. The summed E-state index contributed by atoms with van der Waals surface area (Å²) in [4.78, 5) is 49.1. The number of carbonyl (C=O) groups is 3. The number of phenolic OH excluding ortho intramolecular Hbond substituents is 3. The highest BCUT2D eigenvalue weighted by molar-refractivity contribution is 6.26. The highest BCUT2D eigenvalue weighted by Crippen LogP contribution is 2.56. The lowest BCUT2D eigenvalue weighted by atomic mass is 9.87. The predicted octanol–water partition coefficient (Wildman–Crippen LogP) is 1.66. The number of Topliss-reactive ketones (excluding diaryl/α,β-unsaturated/α-hetero) is 1. The van der Waals surface area contributed by atoms with E-state index in [1.165, 1.54) is 6.07 Å². The molecule has 1 aliphatic carbocycles. The van der Waals surface area contributed by atoms with Gasteiger partial charge in [0.1, 0.15) is 11.1 Å². The first kappa shape index (κ1) is 23.4. The van der Waals surface area contributed by atoms with Gasteiger partial charge in [0.2, 0.25) is 11.5 Å². The van der Waals surface area contributed by atoms with Gasteiger partial charge in [0, 0.05) is 17.2 Å². The number of hydrogen-bond donors (Lipinski definition) is 5. The molecule has 0 saturated carbocycles. The van der Waals surface area contributed by atoms with Gasteiger partial charge in [-0.3, -0.25) is 9.59 Å². The van der Waals surface area contributed by atoms with Crippen molar-refractivity contribution in [3.8, 4) is 28.7 Å². The summed E-state index contributed by atoms with van der Waals surface area (Å²) in [5.41, 5.74) is -2.23. The molecule has 194 valence electrons. The van der Waals surface area contributed by atoms with Crippen molar-refractivity contribution >= 4 is 28.3 Å². The Morgan fingerprint density at radius 1 is 1.03 bits per heavy atom. The Hall–Kier alpha value is -5.04. The number of phenols is 3. The number of aromatic hydroxyl groups is 3. The Labute approximate surface area is 210 Å². The molecule has 13 nitrogen and oxygen atoms in total. The van der Waals surface area contributed by atoms with Crippen LogP contribution >= 0.6 is 0 Å². The number of aliphatic hydroxyl groups is 1. The zero-order chi connectivity index (χ0) is 27.3. The topological polar surface area (TPSA) is 210 Å². The zero-order valence-corrected chi connectivity index (χ0v) is 19.2. The number of rotatable bonds is 2. The van der Waals surface area contributed by atoms with Crippen LogP contribution in [0.4, 0.5) is 0 Å². The molecule has 1 unspecified atom stereocenters. The first-order valence-corrected chi connectivity index (χ1v) is 11.0. The van der Waals surface area contributed by atoms with E-state index in [0.717, 1.165) is 19.3 Å². The van der Waals surface area contributed by atoms with E-state index >= 15 is 0 Å². The molecule has 0 saturated heterocycles. The molecule has 3 aromatic rings. The first-order chi connectivity index (χ1) is 18.0. The third-order valence-electron chi connectivity index (χ3n) is 6.78. The summed E-state index contributed by atoms with van der Waals surface area (Å²) in [6, 6.07) is 2.27. The summed E-state index contributed by atoms with van der Waals surface area (Å²) in [6.07, 6.45) is -1.17. The van der Waals surface area contributed by atoms with Gasteiger partial charge in [0.05, 0.1) is 37.2 Å². The number of carbonyl (C=O) groups excluding carboxylic acids is 2. The van der Waals surface area contributed by atoms with Crippen molar-refractivity contribution in [3.63, 3.8) is 0 Å². The second-order valence-corrected chi connectivity index (χ2v) is 8.98. The van der Waals surface area contributed by atoms with Crippen molar-refractivity contribution in [1.82, 2.24) is 0 Å². The third kappa shape index (κ3) is 2.96. The molecule has 2 aliphatic heterocycles. The maximum absolute atomic E-state index is 12.8. The van der Waals surface area contributed by atoms with Gasteiger partial charge in [-0.1, -0.05) is 0 Å². The number of benzene rings is 2. The fourth-order valence-electron chi connectivity index (χ4n) is 5.11. The average Bonchev–Trinajstić information content (AvgIpc) is 3.23. The van der Waals surface area contributed by atoms with Crippen LogP contribution in [0.5, 0.6) is 28.7 Å². The minimum absolute atomic E-state index is 0.00847. The molecule has 2 aromatic carbocycles. The van der Waals surface area contributed by atoms with Crippen molar-refractivity contribution in [2.24, 2.45) is 0 Å².